The van der Waals surface area contributed by atoms with Gasteiger partial charge < -0.3 is 0 Å². The van der Waals surface area contributed by atoms with E-state index in [1.165, 1.54) is 4.90 Å². The Morgan fingerprint density at radius 3 is 1.40 bits per heavy atom. The van der Waals surface area contributed by atoms with Crippen molar-refractivity contribution in [3.63, 3.8) is 0 Å². The van der Waals surface area contributed by atoms with Gasteiger partial charge in [0.15, 0.2) is 5.66 Å². The molecule has 202 valence electrons. The lowest BCUT2D eigenvalue weighted by Gasteiger charge is -2.52. The van der Waals surface area contributed by atoms with Crippen molar-refractivity contribution in [1.82, 2.24) is 0 Å². The Bertz CT molecular complexity index is 1830. The number of para-hydroxylation sites is 3. The highest BCUT2D eigenvalue weighted by molar-refractivity contribution is 6.54. The Kier molecular flexibility index (Phi) is 6.02. The molecule has 2 heterocycles. The molecule has 3 amide bonds. The fraction of sp³-hybridized carbons (Fsp3) is 0.0278. The monoisotopic (exact) mass is 547 g/mol. The molecule has 1 saturated heterocycles. The Morgan fingerprint density at radius 1 is 0.452 bits per heavy atom. The lowest BCUT2D eigenvalue weighted by atomic mass is 9.83. The number of ketones is 1. The number of nitrogens with zero attached hydrogens (tertiary/aromatic N) is 3. The Morgan fingerprint density at radius 2 is 0.881 bits per heavy atom. The summed E-state index contributed by atoms with van der Waals surface area (Å²) in [6, 6.07) is 45.8. The summed E-state index contributed by atoms with van der Waals surface area (Å²) in [7, 11) is 0. The first kappa shape index (κ1) is 25.2. The van der Waals surface area contributed by atoms with Crippen molar-refractivity contribution >= 4 is 40.5 Å². The molecule has 0 bridgehead atoms. The smallest absolute Gasteiger partial charge is 0.283 e. The number of hydrogen-bond acceptors (Lipinski definition) is 3. The number of carbonyl (C=O) groups excluding carboxylic acids is 3. The Balaban J connectivity index is 1.70. The molecule has 0 saturated carbocycles. The second-order valence-corrected chi connectivity index (χ2v) is 10.1. The van der Waals surface area contributed by atoms with Crippen LogP contribution in [0.5, 0.6) is 0 Å². The quantitative estimate of drug-likeness (QED) is 0.222. The molecule has 0 aliphatic carbocycles. The van der Waals surface area contributed by atoms with Crippen LogP contribution in [0.15, 0.2) is 157 Å². The zero-order valence-electron chi connectivity index (χ0n) is 22.5. The van der Waals surface area contributed by atoms with Crippen LogP contribution in [0.1, 0.15) is 11.1 Å². The SMILES string of the molecule is O=C1C(=O)N(c2ccccc2)C2(c3ccccc3)C1=C(c1ccccc1)N(c1ccccc1)C(=O)N2c1ccccc1. The molecule has 2 aliphatic heterocycles. The normalized spacial score (nSPS) is 18.5. The first-order valence-corrected chi connectivity index (χ1v) is 13.7. The van der Waals surface area contributed by atoms with Crippen LogP contribution in [0.4, 0.5) is 21.9 Å². The van der Waals surface area contributed by atoms with Crippen molar-refractivity contribution in [1.29, 1.82) is 0 Å². The fourth-order valence-corrected chi connectivity index (χ4v) is 6.07. The zero-order valence-corrected chi connectivity index (χ0v) is 22.5. The van der Waals surface area contributed by atoms with E-state index in [0.29, 0.717) is 33.9 Å². The third-order valence-corrected chi connectivity index (χ3v) is 7.73. The summed E-state index contributed by atoms with van der Waals surface area (Å²) in [5.74, 6) is -1.38. The molecule has 0 N–H and O–H groups in total. The van der Waals surface area contributed by atoms with E-state index in [4.69, 9.17) is 0 Å². The standard InChI is InChI=1S/C36H25N3O3/c40-33-31-32(26-16-6-1-7-17-26)37(28-20-10-3-11-21-28)35(42)39(30-24-14-5-15-25-30)36(31,27-18-8-2-9-19-27)38(34(33)41)29-22-12-4-13-23-29/h1-25H. The van der Waals surface area contributed by atoms with Gasteiger partial charge in [0.2, 0.25) is 0 Å². The number of benzene rings is 5. The second-order valence-electron chi connectivity index (χ2n) is 10.1. The number of carbonyl (C=O) groups is 3. The largest absolute Gasteiger partial charge is 0.336 e. The number of urea groups is 1. The van der Waals surface area contributed by atoms with Gasteiger partial charge in [0.05, 0.1) is 17.0 Å². The summed E-state index contributed by atoms with van der Waals surface area (Å²) in [5, 5.41) is 0. The predicted octanol–water partition coefficient (Wildman–Crippen LogP) is 7.01. The highest BCUT2D eigenvalue weighted by Gasteiger charge is 2.66. The summed E-state index contributed by atoms with van der Waals surface area (Å²) in [6.07, 6.45) is 0. The molecule has 5 aromatic carbocycles. The molecule has 0 aromatic heterocycles. The maximum atomic E-state index is 15.2. The van der Waals surface area contributed by atoms with Gasteiger partial charge in [-0.15, -0.1) is 0 Å². The molecule has 2 aliphatic rings. The topological polar surface area (TPSA) is 60.9 Å². The molecular weight excluding hydrogens is 522 g/mol. The van der Waals surface area contributed by atoms with Crippen molar-refractivity contribution in [3.8, 4) is 0 Å². The van der Waals surface area contributed by atoms with Gasteiger partial charge in [-0.3, -0.25) is 24.3 Å². The lowest BCUT2D eigenvalue weighted by Crippen LogP contribution is -2.65. The van der Waals surface area contributed by atoms with Crippen LogP contribution in [-0.2, 0) is 15.3 Å². The van der Waals surface area contributed by atoms with Crippen molar-refractivity contribution in [2.75, 3.05) is 14.7 Å². The highest BCUT2D eigenvalue weighted by Crippen LogP contribution is 2.55. The molecule has 1 atom stereocenters. The van der Waals surface area contributed by atoms with Gasteiger partial charge in [0, 0.05) is 16.9 Å². The summed E-state index contributed by atoms with van der Waals surface area (Å²) in [6.45, 7) is 0. The van der Waals surface area contributed by atoms with Crippen molar-refractivity contribution < 1.29 is 14.4 Å². The first-order valence-electron chi connectivity index (χ1n) is 13.7. The van der Waals surface area contributed by atoms with E-state index in [1.807, 2.05) is 140 Å². The minimum Gasteiger partial charge on any atom is -0.283 e. The molecule has 0 radical (unpaired) electrons. The molecule has 5 aromatic rings. The lowest BCUT2D eigenvalue weighted by molar-refractivity contribution is -0.132. The van der Waals surface area contributed by atoms with Crippen molar-refractivity contribution in [3.05, 3.63) is 168 Å². The number of hydrogen-bond donors (Lipinski definition) is 0. The summed E-state index contributed by atoms with van der Waals surface area (Å²) >= 11 is 0. The molecule has 1 fully saturated rings. The molecule has 42 heavy (non-hydrogen) atoms. The summed E-state index contributed by atoms with van der Waals surface area (Å²) in [4.78, 5) is 48.7. The maximum absolute atomic E-state index is 15.2. The van der Waals surface area contributed by atoms with E-state index in [0.717, 1.165) is 0 Å². The Hall–Kier alpha value is -5.75. The summed E-state index contributed by atoms with van der Waals surface area (Å²) in [5.41, 5.74) is 1.85. The fourth-order valence-electron chi connectivity index (χ4n) is 6.07. The third-order valence-electron chi connectivity index (χ3n) is 7.73. The molecular formula is C36H25N3O3. The van der Waals surface area contributed by atoms with Crippen molar-refractivity contribution in [2.45, 2.75) is 5.66 Å². The van der Waals surface area contributed by atoms with Gasteiger partial charge in [0.1, 0.15) is 0 Å². The van der Waals surface area contributed by atoms with Crippen LogP contribution >= 0.6 is 0 Å². The van der Waals surface area contributed by atoms with E-state index in [9.17, 15) is 9.59 Å². The highest BCUT2D eigenvalue weighted by atomic mass is 16.2. The van der Waals surface area contributed by atoms with Gasteiger partial charge in [-0.1, -0.05) is 115 Å². The average molecular weight is 548 g/mol. The van der Waals surface area contributed by atoms with E-state index >= 15 is 4.79 Å². The van der Waals surface area contributed by atoms with Crippen LogP contribution in [-0.4, -0.2) is 17.7 Å². The number of amides is 3. The molecule has 0 spiro atoms. The van der Waals surface area contributed by atoms with Crippen LogP contribution in [0.25, 0.3) is 5.70 Å². The van der Waals surface area contributed by atoms with E-state index in [1.54, 1.807) is 21.9 Å². The van der Waals surface area contributed by atoms with Gasteiger partial charge in [-0.2, -0.15) is 0 Å². The predicted molar refractivity (Wildman–Crippen MR) is 164 cm³/mol. The minimum absolute atomic E-state index is 0.209. The molecule has 1 unspecified atom stereocenters. The second kappa shape index (κ2) is 10.0. The number of fused-ring (bicyclic) bond motifs is 1. The van der Waals surface area contributed by atoms with Crippen LogP contribution < -0.4 is 14.7 Å². The molecule has 7 rings (SSSR count). The number of Topliss-reactive ketones (excluding diaryl/α,β-unsaturated/α-hetero) is 1. The third kappa shape index (κ3) is 3.62. The minimum atomic E-state index is -1.62. The summed E-state index contributed by atoms with van der Waals surface area (Å²) < 4.78 is 0. The van der Waals surface area contributed by atoms with Crippen LogP contribution in [0.3, 0.4) is 0 Å². The zero-order chi connectivity index (χ0) is 28.7. The van der Waals surface area contributed by atoms with E-state index in [-0.39, 0.29) is 5.57 Å². The number of anilines is 3. The molecule has 6 heteroatoms. The maximum Gasteiger partial charge on any atom is 0.336 e. The molecule has 6 nitrogen and oxygen atoms in total. The van der Waals surface area contributed by atoms with Crippen molar-refractivity contribution in [2.24, 2.45) is 0 Å². The van der Waals surface area contributed by atoms with E-state index in [2.05, 4.69) is 0 Å². The van der Waals surface area contributed by atoms with Crippen LogP contribution in [0.2, 0.25) is 0 Å². The van der Waals surface area contributed by atoms with Gasteiger partial charge in [-0.05, 0) is 42.0 Å². The van der Waals surface area contributed by atoms with Gasteiger partial charge in [-0.25, -0.2) is 4.79 Å². The number of rotatable bonds is 5. The van der Waals surface area contributed by atoms with Crippen LogP contribution in [0, 0.1) is 0 Å². The van der Waals surface area contributed by atoms with Gasteiger partial charge in [0.25, 0.3) is 5.78 Å². The van der Waals surface area contributed by atoms with Gasteiger partial charge >= 0.3 is 11.9 Å². The first-order chi connectivity index (χ1) is 20.6. The average Bonchev–Trinajstić information content (AvgIpc) is 3.29. The Labute approximate surface area is 243 Å². The van der Waals surface area contributed by atoms with E-state index < -0.39 is 23.4 Å².